The summed E-state index contributed by atoms with van der Waals surface area (Å²) in [6.45, 7) is 3.03. The number of hydrogen-bond acceptors (Lipinski definition) is 3. The Morgan fingerprint density at radius 1 is 1.58 bits per heavy atom. The third-order valence-corrected chi connectivity index (χ3v) is 3.96. The normalized spacial score (nSPS) is 23.3. The molecule has 0 bridgehead atoms. The van der Waals surface area contributed by atoms with Crippen LogP contribution in [0.1, 0.15) is 49.5 Å². The Morgan fingerprint density at radius 3 is 3.00 bits per heavy atom. The van der Waals surface area contributed by atoms with Crippen LogP contribution in [0.25, 0.3) is 0 Å². The lowest BCUT2D eigenvalue weighted by molar-refractivity contribution is 0.0945. The number of carbonyl (C=O) groups is 1. The van der Waals surface area contributed by atoms with Crippen molar-refractivity contribution in [2.45, 2.75) is 39.0 Å². The minimum Gasteiger partial charge on any atom is -0.396 e. The molecule has 5 heteroatoms. The largest absolute Gasteiger partial charge is 0.396 e. The molecule has 106 valence electrons. The number of rotatable bonds is 4. The predicted molar refractivity (Wildman–Crippen MR) is 75.7 cm³/mol. The molecule has 1 aliphatic rings. The Hall–Kier alpha value is -1.52. The standard InChI is InChI=1S/C14H24N4O/c1-10-4-3-5-11(8-10)6-7-16-14(19)13-12(15)9-18(2)17-13/h9-11H,3-8,15H2,1-2H3,(H,16,19). The van der Waals surface area contributed by atoms with Crippen LogP contribution in [-0.2, 0) is 7.05 Å². The molecular weight excluding hydrogens is 240 g/mol. The van der Waals surface area contributed by atoms with Crippen LogP contribution in [0.3, 0.4) is 0 Å². The van der Waals surface area contributed by atoms with Crippen LogP contribution in [0.15, 0.2) is 6.20 Å². The first kappa shape index (κ1) is 13.9. The minimum absolute atomic E-state index is 0.165. The summed E-state index contributed by atoms with van der Waals surface area (Å²) in [6, 6.07) is 0. The van der Waals surface area contributed by atoms with Gasteiger partial charge in [-0.2, -0.15) is 5.10 Å². The summed E-state index contributed by atoms with van der Waals surface area (Å²) in [5.41, 5.74) is 6.50. The van der Waals surface area contributed by atoms with Gasteiger partial charge in [-0.25, -0.2) is 0 Å². The third kappa shape index (κ3) is 3.72. The number of nitrogen functional groups attached to an aromatic ring is 1. The third-order valence-electron chi connectivity index (χ3n) is 3.96. The summed E-state index contributed by atoms with van der Waals surface area (Å²) < 4.78 is 1.56. The fraction of sp³-hybridized carbons (Fsp3) is 0.714. The van der Waals surface area contributed by atoms with Crippen molar-refractivity contribution in [3.63, 3.8) is 0 Å². The van der Waals surface area contributed by atoms with E-state index in [4.69, 9.17) is 5.73 Å². The lowest BCUT2D eigenvalue weighted by atomic mass is 9.81. The Balaban J connectivity index is 1.76. The van der Waals surface area contributed by atoms with Crippen molar-refractivity contribution in [1.29, 1.82) is 0 Å². The number of nitrogens with two attached hydrogens (primary N) is 1. The molecule has 1 aliphatic carbocycles. The number of anilines is 1. The molecule has 0 radical (unpaired) electrons. The molecule has 0 spiro atoms. The molecule has 1 amide bonds. The SMILES string of the molecule is CC1CCCC(CCNC(=O)c2nn(C)cc2N)C1. The van der Waals surface area contributed by atoms with Crippen LogP contribution in [-0.4, -0.2) is 22.2 Å². The maximum atomic E-state index is 11.9. The molecule has 1 aromatic rings. The number of nitrogens with zero attached hydrogens (tertiary/aromatic N) is 2. The number of nitrogens with one attached hydrogen (secondary N) is 1. The van der Waals surface area contributed by atoms with Gasteiger partial charge in [-0.05, 0) is 24.7 Å². The molecule has 3 N–H and O–H groups in total. The highest BCUT2D eigenvalue weighted by atomic mass is 16.1. The average molecular weight is 264 g/mol. The molecule has 0 saturated heterocycles. The van der Waals surface area contributed by atoms with E-state index in [0.717, 1.165) is 18.3 Å². The Labute approximate surface area is 114 Å². The number of hydrogen-bond donors (Lipinski definition) is 2. The van der Waals surface area contributed by atoms with Gasteiger partial charge < -0.3 is 11.1 Å². The van der Waals surface area contributed by atoms with Gasteiger partial charge in [-0.3, -0.25) is 9.48 Å². The molecule has 1 heterocycles. The van der Waals surface area contributed by atoms with Crippen molar-refractivity contribution in [3.05, 3.63) is 11.9 Å². The highest BCUT2D eigenvalue weighted by Crippen LogP contribution is 2.30. The maximum Gasteiger partial charge on any atom is 0.273 e. The van der Waals surface area contributed by atoms with Gasteiger partial charge in [0.25, 0.3) is 5.91 Å². The zero-order valence-electron chi connectivity index (χ0n) is 11.9. The molecule has 0 aliphatic heterocycles. The van der Waals surface area contributed by atoms with Crippen molar-refractivity contribution >= 4 is 11.6 Å². The number of aromatic nitrogens is 2. The zero-order chi connectivity index (χ0) is 13.8. The summed E-state index contributed by atoms with van der Waals surface area (Å²) >= 11 is 0. The van der Waals surface area contributed by atoms with E-state index >= 15 is 0 Å². The quantitative estimate of drug-likeness (QED) is 0.873. The predicted octanol–water partition coefficient (Wildman–Crippen LogP) is 1.95. The lowest BCUT2D eigenvalue weighted by Crippen LogP contribution is -2.28. The molecule has 1 saturated carbocycles. The van der Waals surface area contributed by atoms with E-state index in [1.54, 1.807) is 17.9 Å². The van der Waals surface area contributed by atoms with Crippen LogP contribution in [0.4, 0.5) is 5.69 Å². The fourth-order valence-corrected chi connectivity index (χ4v) is 2.98. The highest BCUT2D eigenvalue weighted by molar-refractivity contribution is 5.96. The van der Waals surface area contributed by atoms with Gasteiger partial charge in [0.15, 0.2) is 5.69 Å². The second-order valence-electron chi connectivity index (χ2n) is 5.79. The molecular formula is C14H24N4O. The van der Waals surface area contributed by atoms with Crippen LogP contribution >= 0.6 is 0 Å². The van der Waals surface area contributed by atoms with E-state index in [-0.39, 0.29) is 5.91 Å². The van der Waals surface area contributed by atoms with E-state index in [1.807, 2.05) is 0 Å². The van der Waals surface area contributed by atoms with Crippen molar-refractivity contribution in [1.82, 2.24) is 15.1 Å². The van der Waals surface area contributed by atoms with Gasteiger partial charge in [0, 0.05) is 19.8 Å². The maximum absolute atomic E-state index is 11.9. The van der Waals surface area contributed by atoms with Crippen molar-refractivity contribution in [3.8, 4) is 0 Å². The van der Waals surface area contributed by atoms with Gasteiger partial charge in [0.05, 0.1) is 5.69 Å². The Kier molecular flexibility index (Phi) is 4.45. The van der Waals surface area contributed by atoms with E-state index < -0.39 is 0 Å². The van der Waals surface area contributed by atoms with Crippen LogP contribution in [0.5, 0.6) is 0 Å². The average Bonchev–Trinajstić information content (AvgIpc) is 2.68. The van der Waals surface area contributed by atoms with Crippen molar-refractivity contribution in [2.24, 2.45) is 18.9 Å². The Morgan fingerprint density at radius 2 is 2.37 bits per heavy atom. The van der Waals surface area contributed by atoms with Crippen LogP contribution in [0, 0.1) is 11.8 Å². The van der Waals surface area contributed by atoms with E-state index in [1.165, 1.54) is 25.7 Å². The zero-order valence-corrected chi connectivity index (χ0v) is 11.9. The first-order valence-electron chi connectivity index (χ1n) is 7.13. The number of carbonyl (C=O) groups excluding carboxylic acids is 1. The highest BCUT2D eigenvalue weighted by Gasteiger charge is 2.19. The molecule has 1 aromatic heterocycles. The fourth-order valence-electron chi connectivity index (χ4n) is 2.98. The van der Waals surface area contributed by atoms with E-state index in [9.17, 15) is 4.79 Å². The molecule has 0 aromatic carbocycles. The summed E-state index contributed by atoms with van der Waals surface area (Å²) in [6.07, 6.45) is 7.98. The van der Waals surface area contributed by atoms with Crippen LogP contribution < -0.4 is 11.1 Å². The van der Waals surface area contributed by atoms with Gasteiger partial charge in [-0.15, -0.1) is 0 Å². The molecule has 19 heavy (non-hydrogen) atoms. The summed E-state index contributed by atoms with van der Waals surface area (Å²) in [7, 11) is 1.76. The molecule has 2 unspecified atom stereocenters. The van der Waals surface area contributed by atoms with Crippen molar-refractivity contribution in [2.75, 3.05) is 12.3 Å². The van der Waals surface area contributed by atoms with Crippen LogP contribution in [0.2, 0.25) is 0 Å². The molecule has 2 atom stereocenters. The van der Waals surface area contributed by atoms with E-state index in [0.29, 0.717) is 17.9 Å². The minimum atomic E-state index is -0.165. The topological polar surface area (TPSA) is 72.9 Å². The molecule has 2 rings (SSSR count). The first-order valence-corrected chi connectivity index (χ1v) is 7.13. The second-order valence-corrected chi connectivity index (χ2v) is 5.79. The summed E-state index contributed by atoms with van der Waals surface area (Å²) in [5, 5.41) is 6.99. The van der Waals surface area contributed by atoms with Crippen molar-refractivity contribution < 1.29 is 4.79 Å². The smallest absolute Gasteiger partial charge is 0.273 e. The number of amides is 1. The van der Waals surface area contributed by atoms with Gasteiger partial charge in [0.2, 0.25) is 0 Å². The summed E-state index contributed by atoms with van der Waals surface area (Å²) in [4.78, 5) is 11.9. The lowest BCUT2D eigenvalue weighted by Gasteiger charge is -2.26. The van der Waals surface area contributed by atoms with E-state index in [2.05, 4.69) is 17.3 Å². The molecule has 1 fully saturated rings. The molecule has 5 nitrogen and oxygen atoms in total. The first-order chi connectivity index (χ1) is 9.06. The van der Waals surface area contributed by atoms with Gasteiger partial charge in [-0.1, -0.05) is 26.2 Å². The number of aryl methyl sites for hydroxylation is 1. The Bertz CT molecular complexity index is 441. The van der Waals surface area contributed by atoms with Gasteiger partial charge in [0.1, 0.15) is 0 Å². The van der Waals surface area contributed by atoms with Gasteiger partial charge >= 0.3 is 0 Å². The monoisotopic (exact) mass is 264 g/mol. The second kappa shape index (κ2) is 6.08. The summed E-state index contributed by atoms with van der Waals surface area (Å²) in [5.74, 6) is 1.42.